The zero-order valence-electron chi connectivity index (χ0n) is 10.4. The molecule has 0 saturated heterocycles. The highest BCUT2D eigenvalue weighted by Crippen LogP contribution is 1.84. The average molecular weight is 274 g/mol. The van der Waals surface area contributed by atoms with E-state index >= 15 is 0 Å². The highest BCUT2D eigenvalue weighted by Gasteiger charge is 2.05. The van der Waals surface area contributed by atoms with Crippen molar-refractivity contribution in [3.05, 3.63) is 0 Å². The van der Waals surface area contributed by atoms with Gasteiger partial charge in [-0.1, -0.05) is 20.8 Å². The lowest BCUT2D eigenvalue weighted by molar-refractivity contribution is -0.122. The molecular weight excluding hydrogens is 249 g/mol. The summed E-state index contributed by atoms with van der Waals surface area (Å²) in [5, 5.41) is 6.03. The first-order chi connectivity index (χ1) is 6.74. The molecule has 1 amide bonds. The third-order valence-electron chi connectivity index (χ3n) is 2.14. The van der Waals surface area contributed by atoms with Crippen molar-refractivity contribution in [3.8, 4) is 0 Å². The molecule has 0 bridgehead atoms. The van der Waals surface area contributed by atoms with Crippen molar-refractivity contribution < 1.29 is 4.79 Å². The van der Waals surface area contributed by atoms with E-state index < -0.39 is 0 Å². The summed E-state index contributed by atoms with van der Waals surface area (Å²) >= 11 is 0. The molecule has 2 N–H and O–H groups in total. The van der Waals surface area contributed by atoms with E-state index in [9.17, 15) is 4.79 Å². The van der Waals surface area contributed by atoms with Gasteiger partial charge in [0.05, 0.1) is 6.54 Å². The SMILES string of the molecule is CCNCCNC(=O)CN(CC)CC.Cl.Cl. The molecule has 4 nitrogen and oxygen atoms in total. The van der Waals surface area contributed by atoms with Crippen molar-refractivity contribution >= 4 is 30.7 Å². The second-order valence-electron chi connectivity index (χ2n) is 3.16. The van der Waals surface area contributed by atoms with Crippen molar-refractivity contribution in [1.82, 2.24) is 15.5 Å². The topological polar surface area (TPSA) is 44.4 Å². The van der Waals surface area contributed by atoms with Gasteiger partial charge >= 0.3 is 0 Å². The minimum atomic E-state index is 0. The number of likely N-dealkylation sites (N-methyl/N-ethyl adjacent to an activating group) is 2. The number of nitrogens with zero attached hydrogens (tertiary/aromatic N) is 1. The van der Waals surface area contributed by atoms with Crippen LogP contribution in [-0.2, 0) is 4.79 Å². The molecule has 0 radical (unpaired) electrons. The number of carbonyl (C=O) groups is 1. The number of halogens is 2. The van der Waals surface area contributed by atoms with Gasteiger partial charge < -0.3 is 10.6 Å². The summed E-state index contributed by atoms with van der Waals surface area (Å²) in [6, 6.07) is 0. The minimum Gasteiger partial charge on any atom is -0.354 e. The summed E-state index contributed by atoms with van der Waals surface area (Å²) < 4.78 is 0. The van der Waals surface area contributed by atoms with Gasteiger partial charge in [-0.2, -0.15) is 0 Å². The summed E-state index contributed by atoms with van der Waals surface area (Å²) in [5.41, 5.74) is 0. The maximum atomic E-state index is 11.4. The van der Waals surface area contributed by atoms with Gasteiger partial charge in [0.1, 0.15) is 0 Å². The molecule has 16 heavy (non-hydrogen) atoms. The first kappa shape index (κ1) is 21.3. The Morgan fingerprint density at radius 1 is 1.06 bits per heavy atom. The molecule has 0 aliphatic carbocycles. The monoisotopic (exact) mass is 273 g/mol. The summed E-state index contributed by atoms with van der Waals surface area (Å²) in [6.45, 7) is 11.1. The molecule has 0 aliphatic heterocycles. The Labute approximate surface area is 111 Å². The van der Waals surface area contributed by atoms with Crippen LogP contribution in [0.3, 0.4) is 0 Å². The summed E-state index contributed by atoms with van der Waals surface area (Å²) in [7, 11) is 0. The van der Waals surface area contributed by atoms with Crippen molar-refractivity contribution in [2.75, 3.05) is 39.3 Å². The summed E-state index contributed by atoms with van der Waals surface area (Å²) in [6.07, 6.45) is 0. The van der Waals surface area contributed by atoms with E-state index in [2.05, 4.69) is 36.3 Å². The number of rotatable bonds is 8. The zero-order chi connectivity index (χ0) is 10.8. The lowest BCUT2D eigenvalue weighted by Crippen LogP contribution is -2.39. The Morgan fingerprint density at radius 3 is 2.06 bits per heavy atom. The van der Waals surface area contributed by atoms with Gasteiger partial charge in [0.15, 0.2) is 0 Å². The van der Waals surface area contributed by atoms with Crippen molar-refractivity contribution in [2.45, 2.75) is 20.8 Å². The fourth-order valence-corrected chi connectivity index (χ4v) is 1.17. The van der Waals surface area contributed by atoms with Crippen LogP contribution in [0.1, 0.15) is 20.8 Å². The maximum absolute atomic E-state index is 11.4. The fourth-order valence-electron chi connectivity index (χ4n) is 1.17. The van der Waals surface area contributed by atoms with E-state index in [0.717, 1.165) is 26.2 Å². The molecule has 0 aromatic rings. The number of hydrogen-bond acceptors (Lipinski definition) is 3. The van der Waals surface area contributed by atoms with Gasteiger partial charge in [-0.05, 0) is 19.6 Å². The Hall–Kier alpha value is -0.0300. The van der Waals surface area contributed by atoms with Gasteiger partial charge in [-0.25, -0.2) is 0 Å². The second-order valence-corrected chi connectivity index (χ2v) is 3.16. The van der Waals surface area contributed by atoms with Crippen LogP contribution in [-0.4, -0.2) is 50.1 Å². The highest BCUT2D eigenvalue weighted by atomic mass is 35.5. The number of nitrogens with one attached hydrogen (secondary N) is 2. The largest absolute Gasteiger partial charge is 0.354 e. The predicted molar refractivity (Wildman–Crippen MR) is 73.8 cm³/mol. The number of carbonyl (C=O) groups excluding carboxylic acids is 1. The molecule has 6 heteroatoms. The zero-order valence-corrected chi connectivity index (χ0v) is 12.0. The quantitative estimate of drug-likeness (QED) is 0.646. The second kappa shape index (κ2) is 15.0. The van der Waals surface area contributed by atoms with Gasteiger partial charge in [0.25, 0.3) is 0 Å². The van der Waals surface area contributed by atoms with Crippen LogP contribution in [0.5, 0.6) is 0 Å². The first-order valence-electron chi connectivity index (χ1n) is 5.44. The van der Waals surface area contributed by atoms with E-state index in [-0.39, 0.29) is 30.7 Å². The van der Waals surface area contributed by atoms with E-state index in [1.165, 1.54) is 0 Å². The van der Waals surface area contributed by atoms with Gasteiger partial charge in [0.2, 0.25) is 5.91 Å². The lowest BCUT2D eigenvalue weighted by Gasteiger charge is -2.17. The van der Waals surface area contributed by atoms with Crippen LogP contribution in [0.4, 0.5) is 0 Å². The number of hydrogen-bond donors (Lipinski definition) is 2. The van der Waals surface area contributed by atoms with Crippen molar-refractivity contribution in [2.24, 2.45) is 0 Å². The molecule has 0 saturated carbocycles. The summed E-state index contributed by atoms with van der Waals surface area (Å²) in [5.74, 6) is 0.117. The molecule has 0 atom stereocenters. The first-order valence-corrected chi connectivity index (χ1v) is 5.44. The fraction of sp³-hybridized carbons (Fsp3) is 0.900. The molecule has 0 spiro atoms. The molecule has 0 unspecified atom stereocenters. The third-order valence-corrected chi connectivity index (χ3v) is 2.14. The van der Waals surface area contributed by atoms with Gasteiger partial charge in [-0.3, -0.25) is 9.69 Å². The average Bonchev–Trinajstić information content (AvgIpc) is 2.21. The van der Waals surface area contributed by atoms with E-state index in [4.69, 9.17) is 0 Å². The van der Waals surface area contributed by atoms with Crippen LogP contribution in [0.15, 0.2) is 0 Å². The van der Waals surface area contributed by atoms with E-state index in [0.29, 0.717) is 13.1 Å². The molecule has 0 heterocycles. The van der Waals surface area contributed by atoms with Crippen LogP contribution in [0.2, 0.25) is 0 Å². The highest BCUT2D eigenvalue weighted by molar-refractivity contribution is 5.85. The standard InChI is InChI=1S/C10H23N3O.2ClH/c1-4-11-7-8-12-10(14)9-13(5-2)6-3;;/h11H,4-9H2,1-3H3,(H,12,14);2*1H. The van der Waals surface area contributed by atoms with Crippen molar-refractivity contribution in [1.29, 1.82) is 0 Å². The van der Waals surface area contributed by atoms with Crippen LogP contribution in [0.25, 0.3) is 0 Å². The lowest BCUT2D eigenvalue weighted by atomic mass is 10.4. The Balaban J connectivity index is -0.000000845. The van der Waals surface area contributed by atoms with E-state index in [1.807, 2.05) is 0 Å². The number of amides is 1. The normalized spacial score (nSPS) is 9.25. The smallest absolute Gasteiger partial charge is 0.234 e. The van der Waals surface area contributed by atoms with Gasteiger partial charge in [0, 0.05) is 13.1 Å². The van der Waals surface area contributed by atoms with Crippen LogP contribution in [0, 0.1) is 0 Å². The van der Waals surface area contributed by atoms with Crippen LogP contribution < -0.4 is 10.6 Å². The van der Waals surface area contributed by atoms with Gasteiger partial charge in [-0.15, -0.1) is 24.8 Å². The molecule has 0 aromatic carbocycles. The molecule has 0 aromatic heterocycles. The molecular formula is C10H25Cl2N3O. The predicted octanol–water partition coefficient (Wildman–Crippen LogP) is 0.897. The Morgan fingerprint density at radius 2 is 1.62 bits per heavy atom. The maximum Gasteiger partial charge on any atom is 0.234 e. The van der Waals surface area contributed by atoms with E-state index in [1.54, 1.807) is 0 Å². The Bertz CT molecular complexity index is 155. The molecule has 100 valence electrons. The molecule has 0 rings (SSSR count). The van der Waals surface area contributed by atoms with Crippen molar-refractivity contribution in [3.63, 3.8) is 0 Å². The summed E-state index contributed by atoms with van der Waals surface area (Å²) in [4.78, 5) is 13.5. The Kier molecular flexibility index (Phi) is 19.9. The minimum absolute atomic E-state index is 0. The van der Waals surface area contributed by atoms with Crippen LogP contribution >= 0.6 is 24.8 Å². The molecule has 0 fully saturated rings. The third kappa shape index (κ3) is 12.0. The molecule has 0 aliphatic rings.